The second-order valence-electron chi connectivity index (χ2n) is 5.44. The SMILES string of the molecule is CCC1(c2cccc(-c3ccccc3)c2)C(=O)NC(=O)NC1=O. The van der Waals surface area contributed by atoms with Gasteiger partial charge in [-0.25, -0.2) is 4.79 Å². The van der Waals surface area contributed by atoms with Crippen LogP contribution in [0.25, 0.3) is 11.1 Å². The van der Waals surface area contributed by atoms with Crippen LogP contribution < -0.4 is 10.6 Å². The summed E-state index contributed by atoms with van der Waals surface area (Å²) in [7, 11) is 0. The molecule has 0 aliphatic carbocycles. The lowest BCUT2D eigenvalue weighted by Crippen LogP contribution is -2.64. The first kappa shape index (κ1) is 15.0. The fourth-order valence-electron chi connectivity index (χ4n) is 2.94. The highest BCUT2D eigenvalue weighted by Gasteiger charge is 2.50. The summed E-state index contributed by atoms with van der Waals surface area (Å²) in [5, 5.41) is 4.40. The highest BCUT2D eigenvalue weighted by Crippen LogP contribution is 2.33. The molecule has 5 heteroatoms. The lowest BCUT2D eigenvalue weighted by Gasteiger charge is -2.33. The van der Waals surface area contributed by atoms with Crippen LogP contribution in [0, 0.1) is 0 Å². The van der Waals surface area contributed by atoms with E-state index >= 15 is 0 Å². The molecule has 1 aliphatic rings. The minimum atomic E-state index is -1.39. The first-order valence-corrected chi connectivity index (χ1v) is 7.41. The fraction of sp³-hybridized carbons (Fsp3) is 0.167. The van der Waals surface area contributed by atoms with Crippen LogP contribution in [-0.2, 0) is 15.0 Å². The number of hydrogen-bond donors (Lipinski definition) is 2. The number of hydrogen-bond acceptors (Lipinski definition) is 3. The van der Waals surface area contributed by atoms with Crippen LogP contribution in [0.2, 0.25) is 0 Å². The van der Waals surface area contributed by atoms with Gasteiger partial charge in [-0.2, -0.15) is 0 Å². The van der Waals surface area contributed by atoms with Crippen LogP contribution in [0.15, 0.2) is 54.6 Å². The minimum absolute atomic E-state index is 0.260. The predicted molar refractivity (Wildman–Crippen MR) is 85.5 cm³/mol. The third-order valence-electron chi connectivity index (χ3n) is 4.22. The number of carbonyl (C=O) groups excluding carboxylic acids is 3. The van der Waals surface area contributed by atoms with E-state index < -0.39 is 23.3 Å². The van der Waals surface area contributed by atoms with Crippen LogP contribution in [0.3, 0.4) is 0 Å². The summed E-state index contributed by atoms with van der Waals surface area (Å²) in [5.74, 6) is -1.17. The molecule has 0 aromatic heterocycles. The third kappa shape index (κ3) is 2.40. The Morgan fingerprint density at radius 1 is 0.826 bits per heavy atom. The molecule has 0 saturated carbocycles. The zero-order valence-electron chi connectivity index (χ0n) is 12.6. The van der Waals surface area contributed by atoms with Gasteiger partial charge in [-0.3, -0.25) is 20.2 Å². The average Bonchev–Trinajstić information content (AvgIpc) is 2.56. The molecule has 5 nitrogen and oxygen atoms in total. The molecule has 4 amide bonds. The molecule has 116 valence electrons. The summed E-state index contributed by atoms with van der Waals surface area (Å²) in [6, 6.07) is 16.2. The molecule has 3 rings (SSSR count). The molecule has 1 fully saturated rings. The Hall–Kier alpha value is -2.95. The first-order chi connectivity index (χ1) is 11.1. The van der Waals surface area contributed by atoms with Gasteiger partial charge in [0.1, 0.15) is 0 Å². The van der Waals surface area contributed by atoms with E-state index in [0.717, 1.165) is 11.1 Å². The zero-order valence-corrected chi connectivity index (χ0v) is 12.6. The third-order valence-corrected chi connectivity index (χ3v) is 4.22. The first-order valence-electron chi connectivity index (χ1n) is 7.41. The second kappa shape index (κ2) is 5.68. The van der Waals surface area contributed by atoms with E-state index in [9.17, 15) is 14.4 Å². The average molecular weight is 308 g/mol. The summed E-state index contributed by atoms with van der Waals surface area (Å²) < 4.78 is 0. The number of nitrogens with one attached hydrogen (secondary N) is 2. The molecule has 2 aromatic rings. The van der Waals surface area contributed by atoms with Gasteiger partial charge in [-0.05, 0) is 29.2 Å². The van der Waals surface area contributed by atoms with Crippen molar-refractivity contribution < 1.29 is 14.4 Å². The van der Waals surface area contributed by atoms with Crippen LogP contribution in [0.1, 0.15) is 18.9 Å². The van der Waals surface area contributed by atoms with Gasteiger partial charge in [0.25, 0.3) is 0 Å². The van der Waals surface area contributed by atoms with Gasteiger partial charge in [0, 0.05) is 0 Å². The van der Waals surface area contributed by atoms with Crippen LogP contribution in [0.5, 0.6) is 0 Å². The van der Waals surface area contributed by atoms with Crippen molar-refractivity contribution >= 4 is 17.8 Å². The Morgan fingerprint density at radius 3 is 2.04 bits per heavy atom. The monoisotopic (exact) mass is 308 g/mol. The lowest BCUT2D eigenvalue weighted by atomic mass is 9.74. The van der Waals surface area contributed by atoms with Gasteiger partial charge in [0.05, 0.1) is 0 Å². The van der Waals surface area contributed by atoms with Crippen molar-refractivity contribution in [1.82, 2.24) is 10.6 Å². The Labute approximate surface area is 133 Å². The van der Waals surface area contributed by atoms with Crippen LogP contribution in [0.4, 0.5) is 4.79 Å². The Balaban J connectivity index is 2.11. The normalized spacial score (nSPS) is 16.7. The largest absolute Gasteiger partial charge is 0.328 e. The molecule has 0 atom stereocenters. The zero-order chi connectivity index (χ0) is 16.4. The standard InChI is InChI=1S/C18H16N2O3/c1-2-18(15(21)19-17(23)20-16(18)22)14-10-6-9-13(11-14)12-7-4-3-5-8-12/h3-11H,2H2,1H3,(H2,19,20,21,22,23). The Kier molecular flexibility index (Phi) is 3.70. The summed E-state index contributed by atoms with van der Waals surface area (Å²) in [4.78, 5) is 36.2. The van der Waals surface area contributed by atoms with Gasteiger partial charge < -0.3 is 0 Å². The van der Waals surface area contributed by atoms with Gasteiger partial charge in [0.2, 0.25) is 11.8 Å². The van der Waals surface area contributed by atoms with Crippen LogP contribution >= 0.6 is 0 Å². The molecular formula is C18H16N2O3. The van der Waals surface area contributed by atoms with Gasteiger partial charge in [0.15, 0.2) is 5.41 Å². The van der Waals surface area contributed by atoms with E-state index in [1.807, 2.05) is 48.5 Å². The predicted octanol–water partition coefficient (Wildman–Crippen LogP) is 2.37. The maximum atomic E-state index is 12.4. The molecule has 1 saturated heterocycles. The van der Waals surface area contributed by atoms with Gasteiger partial charge in [-0.1, -0.05) is 55.5 Å². The molecule has 2 N–H and O–H groups in total. The summed E-state index contributed by atoms with van der Waals surface area (Å²) >= 11 is 0. The van der Waals surface area contributed by atoms with E-state index in [1.54, 1.807) is 13.0 Å². The molecule has 23 heavy (non-hydrogen) atoms. The quantitative estimate of drug-likeness (QED) is 0.855. The summed E-state index contributed by atoms with van der Waals surface area (Å²) in [5.41, 5.74) is 1.09. The van der Waals surface area contributed by atoms with Crippen molar-refractivity contribution in [1.29, 1.82) is 0 Å². The molecule has 0 bridgehead atoms. The topological polar surface area (TPSA) is 75.3 Å². The summed E-state index contributed by atoms with van der Waals surface area (Å²) in [6.07, 6.45) is 0.260. The van der Waals surface area contributed by atoms with Crippen LogP contribution in [-0.4, -0.2) is 17.8 Å². The molecule has 1 aliphatic heterocycles. The smallest absolute Gasteiger partial charge is 0.277 e. The van der Waals surface area contributed by atoms with E-state index in [0.29, 0.717) is 5.56 Å². The number of barbiturate groups is 1. The number of carbonyl (C=O) groups is 3. The van der Waals surface area contributed by atoms with Crippen molar-refractivity contribution in [2.75, 3.05) is 0 Å². The number of benzene rings is 2. The molecular weight excluding hydrogens is 292 g/mol. The molecule has 0 spiro atoms. The van der Waals surface area contributed by atoms with Gasteiger partial charge >= 0.3 is 6.03 Å². The Bertz CT molecular complexity index is 764. The molecule has 2 aromatic carbocycles. The van der Waals surface area contributed by atoms with Crippen molar-refractivity contribution in [2.45, 2.75) is 18.8 Å². The number of imide groups is 2. The summed E-state index contributed by atoms with van der Waals surface area (Å²) in [6.45, 7) is 1.75. The number of urea groups is 1. The maximum absolute atomic E-state index is 12.4. The Morgan fingerprint density at radius 2 is 1.43 bits per heavy atom. The number of amides is 4. The van der Waals surface area contributed by atoms with Crippen molar-refractivity contribution in [3.63, 3.8) is 0 Å². The molecule has 1 heterocycles. The highest BCUT2D eigenvalue weighted by atomic mass is 16.2. The van der Waals surface area contributed by atoms with E-state index in [-0.39, 0.29) is 6.42 Å². The highest BCUT2D eigenvalue weighted by molar-refractivity contribution is 6.22. The molecule has 0 radical (unpaired) electrons. The van der Waals surface area contributed by atoms with Crippen molar-refractivity contribution in [2.24, 2.45) is 0 Å². The van der Waals surface area contributed by atoms with Crippen molar-refractivity contribution in [3.05, 3.63) is 60.2 Å². The van der Waals surface area contributed by atoms with Gasteiger partial charge in [-0.15, -0.1) is 0 Å². The fourth-order valence-corrected chi connectivity index (χ4v) is 2.94. The van der Waals surface area contributed by atoms with E-state index in [2.05, 4.69) is 10.6 Å². The van der Waals surface area contributed by atoms with Crippen molar-refractivity contribution in [3.8, 4) is 11.1 Å². The lowest BCUT2D eigenvalue weighted by molar-refractivity contribution is -0.138. The van der Waals surface area contributed by atoms with E-state index in [1.165, 1.54) is 0 Å². The molecule has 0 unspecified atom stereocenters. The number of rotatable bonds is 3. The maximum Gasteiger partial charge on any atom is 0.328 e. The van der Waals surface area contributed by atoms with E-state index in [4.69, 9.17) is 0 Å². The second-order valence-corrected chi connectivity index (χ2v) is 5.44. The minimum Gasteiger partial charge on any atom is -0.277 e.